The molecular weight excluding hydrogens is 1540 g/mol. The van der Waals surface area contributed by atoms with Crippen molar-refractivity contribution in [2.75, 3.05) is 119 Å². The monoisotopic (exact) mass is 1680 g/mol. The highest BCUT2D eigenvalue weighted by Gasteiger charge is 2.45. The Morgan fingerprint density at radius 2 is 0.802 bits per heavy atom. The summed E-state index contributed by atoms with van der Waals surface area (Å²) in [6.07, 6.45) is 1.97. The number of esters is 1. The van der Waals surface area contributed by atoms with Crippen LogP contribution in [0.4, 0.5) is 0 Å². The number of unbranched alkanes of at least 4 members (excludes halogenated alkanes) is 13. The molecule has 4 aliphatic rings. The number of rotatable bonds is 68. The number of ether oxygens (including phenoxy) is 10. The number of aliphatic hydroxyl groups is 10. The third-order valence-corrected chi connectivity index (χ3v) is 22.8. The Morgan fingerprint density at radius 1 is 0.440 bits per heavy atom. The van der Waals surface area contributed by atoms with Gasteiger partial charge < -0.3 is 123 Å². The van der Waals surface area contributed by atoms with Crippen LogP contribution in [0, 0.1) is 29.8 Å². The lowest BCUT2D eigenvalue weighted by Gasteiger charge is -2.40. The zero-order valence-electron chi connectivity index (χ0n) is 69.3. The topological polar surface area (TPSA) is 494 Å². The second-order valence-corrected chi connectivity index (χ2v) is 33.6. The maximum atomic E-state index is 14.2. The van der Waals surface area contributed by atoms with E-state index in [9.17, 15) is 94.0 Å². The smallest absolute Gasteiger partial charge is 0.305 e. The molecule has 4 saturated heterocycles. The molecule has 0 aromatic carbocycles. The fourth-order valence-electron chi connectivity index (χ4n) is 14.2. The fourth-order valence-corrected chi connectivity index (χ4v) is 14.7. The number of hydrogen-bond donors (Lipinski definition) is 12. The third kappa shape index (κ3) is 41.7. The van der Waals surface area contributed by atoms with Gasteiger partial charge in [-0.25, -0.2) is 6.66 Å². The van der Waals surface area contributed by atoms with Gasteiger partial charge >= 0.3 is 5.97 Å². The molecule has 34 nitrogen and oxygen atoms in total. The SMILES string of the molecule is [CH2-]P(=O)(OC)OC[C@@H]1C[C@@H](O)CN1C(=O)CCCCCCCCCCC(=O)CC(COCCC(=O)CCCCCC(=O)CCCCOC1OC(CO)C(O)C(O)C1C)(COCCC(=O)CCCCOC(=O)CCCCOC1OC(CO)C(O)C(O)C1C)COCCC(=O)NCCCNC(=O)CCCCOC1OC(CO)C(O)C(O)C1C. The number of hydrogen-bond acceptors (Lipinski definition) is 31. The van der Waals surface area contributed by atoms with Crippen molar-refractivity contribution in [3.8, 4) is 0 Å². The summed E-state index contributed by atoms with van der Waals surface area (Å²) >= 11 is 0. The Morgan fingerprint density at radius 3 is 1.24 bits per heavy atom. The molecule has 19 atom stereocenters. The Bertz CT molecular complexity index is 2600. The molecule has 3 amide bonds. The van der Waals surface area contributed by atoms with Crippen molar-refractivity contribution in [1.29, 1.82) is 0 Å². The molecule has 0 saturated carbocycles. The maximum Gasteiger partial charge on any atom is 0.305 e. The van der Waals surface area contributed by atoms with Gasteiger partial charge in [0.2, 0.25) is 17.7 Å². The largest absolute Gasteiger partial charge is 0.466 e. The predicted molar refractivity (Wildman–Crippen MR) is 420 cm³/mol. The van der Waals surface area contributed by atoms with Gasteiger partial charge in [0.25, 0.3) is 0 Å². The molecule has 35 heteroatoms. The zero-order valence-corrected chi connectivity index (χ0v) is 70.2. The van der Waals surface area contributed by atoms with Crippen LogP contribution in [0.2, 0.25) is 0 Å². The van der Waals surface area contributed by atoms with Crippen molar-refractivity contribution < 1.29 is 150 Å². The van der Waals surface area contributed by atoms with Crippen LogP contribution in [-0.2, 0) is 99.3 Å². The highest BCUT2D eigenvalue weighted by atomic mass is 31.2. The molecule has 0 aromatic rings. The molecule has 0 radical (unpaired) electrons. The molecule has 17 unspecified atom stereocenters. The third-order valence-electron chi connectivity index (χ3n) is 21.7. The molecule has 674 valence electrons. The first-order valence-electron chi connectivity index (χ1n) is 42.4. The minimum absolute atomic E-state index is 0.00281. The molecule has 12 N–H and O–H groups in total. The maximum absolute atomic E-state index is 14.2. The number of Topliss-reactive ketones (excluding diaryl/α,β-unsaturated/α-hetero) is 4. The van der Waals surface area contributed by atoms with Gasteiger partial charge in [-0.3, -0.25) is 42.9 Å². The molecule has 0 aliphatic carbocycles. The Hall–Kier alpha value is -4.05. The average Bonchev–Trinajstić information content (AvgIpc) is 0.970. The highest BCUT2D eigenvalue weighted by Crippen LogP contribution is 2.46. The van der Waals surface area contributed by atoms with Crippen LogP contribution in [0.5, 0.6) is 0 Å². The van der Waals surface area contributed by atoms with Gasteiger partial charge in [-0.05, 0) is 89.9 Å². The Balaban J connectivity index is 1.28. The molecule has 4 heterocycles. The van der Waals surface area contributed by atoms with Crippen LogP contribution in [-0.4, -0.2) is 308 Å². The number of nitrogens with one attached hydrogen (secondary N) is 2. The van der Waals surface area contributed by atoms with E-state index in [4.69, 9.17) is 56.4 Å². The first-order chi connectivity index (χ1) is 55.6. The molecule has 0 spiro atoms. The number of ketones is 4. The van der Waals surface area contributed by atoms with Crippen molar-refractivity contribution in [3.05, 3.63) is 6.66 Å². The lowest BCUT2D eigenvalue weighted by Crippen LogP contribution is -2.55. The van der Waals surface area contributed by atoms with E-state index in [0.29, 0.717) is 122 Å². The van der Waals surface area contributed by atoms with Gasteiger partial charge in [-0.2, -0.15) is 0 Å². The van der Waals surface area contributed by atoms with Crippen molar-refractivity contribution in [2.24, 2.45) is 23.2 Å². The van der Waals surface area contributed by atoms with Crippen LogP contribution in [0.3, 0.4) is 0 Å². The summed E-state index contributed by atoms with van der Waals surface area (Å²) in [4.78, 5) is 106. The quantitative estimate of drug-likeness (QED) is 0.0173. The van der Waals surface area contributed by atoms with E-state index in [0.717, 1.165) is 38.5 Å². The van der Waals surface area contributed by atoms with E-state index in [1.165, 1.54) is 7.11 Å². The zero-order chi connectivity index (χ0) is 85.3. The number of nitrogens with zero attached hydrogens (tertiary/aromatic N) is 1. The highest BCUT2D eigenvalue weighted by molar-refractivity contribution is 7.55. The Kier molecular flexibility index (Phi) is 53.6. The standard InChI is InChI=1S/C81H143N3O31P/c1-56-72(97)75(100)65(49-85)113-78(56)109-40-22-18-28-60(88)26-14-12-15-27-61(89)34-43-105-53-81(47-63(91)30-13-10-8-6-7-9-11-16-32-70(95)84-48-64(92)46-59(84)52-112-116(5,103)104-4,54-106-44-35-62(90)29-17-21-39-108-71(96)33-20-24-42-111-80-58(3)74(99)77(102)67(51-87)115-80)55-107-45-36-69(94)83-38-25-37-82-68(93)31-19-23-41-110-79-57(2)73(98)76(101)66(50-86)114-79/h56-59,64-67,72-80,85-87,92,97-102H,5-55H2,1-4H3,(H,82,93)(H,83,94)/q-1/t56?,57?,58?,59-,64+,65?,66?,67?,72?,73?,74?,75?,76?,77?,78?,79?,80?,81?,116?/m0/s1. The average molecular weight is 1690 g/mol. The number of likely N-dealkylation sites (tertiary alicyclic amines) is 1. The number of carbonyl (C=O) groups excluding carboxylic acids is 8. The van der Waals surface area contributed by atoms with Gasteiger partial charge in [-0.15, -0.1) is 0 Å². The summed E-state index contributed by atoms with van der Waals surface area (Å²) < 4.78 is 80.4. The lowest BCUT2D eigenvalue weighted by molar-refractivity contribution is -0.282. The Labute approximate surface area is 685 Å². The summed E-state index contributed by atoms with van der Waals surface area (Å²) in [5, 5.41) is 106. The number of carbonyl (C=O) groups is 8. The van der Waals surface area contributed by atoms with E-state index in [1.54, 1.807) is 25.7 Å². The van der Waals surface area contributed by atoms with Gasteiger partial charge in [0.1, 0.15) is 59.8 Å². The summed E-state index contributed by atoms with van der Waals surface area (Å²) in [5.74, 6) is -2.75. The summed E-state index contributed by atoms with van der Waals surface area (Å²) in [7, 11) is -2.27. The first-order valence-corrected chi connectivity index (χ1v) is 44.1. The van der Waals surface area contributed by atoms with Crippen LogP contribution < -0.4 is 10.6 Å². The number of aliphatic hydroxyl groups excluding tert-OH is 10. The number of amides is 3. The van der Waals surface area contributed by atoms with Crippen molar-refractivity contribution in [1.82, 2.24) is 15.5 Å². The second kappa shape index (κ2) is 59.7. The van der Waals surface area contributed by atoms with E-state index in [2.05, 4.69) is 17.3 Å². The fraction of sp³-hybridized carbons (Fsp3) is 0.889. The van der Waals surface area contributed by atoms with Crippen molar-refractivity contribution in [2.45, 2.75) is 319 Å². The van der Waals surface area contributed by atoms with Crippen LogP contribution >= 0.6 is 7.60 Å². The van der Waals surface area contributed by atoms with Gasteiger partial charge in [0.05, 0.1) is 103 Å². The van der Waals surface area contributed by atoms with E-state index < -0.39 is 143 Å². The minimum atomic E-state index is -3.51. The molecule has 4 fully saturated rings. The normalized spacial score (nSPS) is 26.6. The van der Waals surface area contributed by atoms with Gasteiger partial charge in [-0.1, -0.05) is 65.7 Å². The van der Waals surface area contributed by atoms with Crippen LogP contribution in [0.1, 0.15) is 233 Å². The molecule has 4 rings (SSSR count). The lowest BCUT2D eigenvalue weighted by atomic mass is 9.83. The van der Waals surface area contributed by atoms with Gasteiger partial charge in [0, 0.05) is 147 Å². The van der Waals surface area contributed by atoms with Crippen LogP contribution in [0.25, 0.3) is 0 Å². The summed E-state index contributed by atoms with van der Waals surface area (Å²) in [6, 6.07) is -0.430. The van der Waals surface area contributed by atoms with E-state index >= 15 is 0 Å². The van der Waals surface area contributed by atoms with Crippen LogP contribution in [0.15, 0.2) is 0 Å². The predicted octanol–water partition coefficient (Wildman–Crippen LogP) is 4.44. The number of β-amino-alcohol motifs (C(OH)–C–C–N with tert-alkyl or cyclic N) is 1. The van der Waals surface area contributed by atoms with E-state index in [-0.39, 0.29) is 184 Å². The summed E-state index contributed by atoms with van der Waals surface area (Å²) in [6.45, 7) is 8.27. The molecule has 4 aliphatic heterocycles. The molecule has 0 bridgehead atoms. The minimum Gasteiger partial charge on any atom is -0.466 e. The van der Waals surface area contributed by atoms with Gasteiger partial charge in [0.15, 0.2) is 26.5 Å². The second-order valence-electron chi connectivity index (χ2n) is 31.7. The summed E-state index contributed by atoms with van der Waals surface area (Å²) in [5.41, 5.74) is -1.12. The van der Waals surface area contributed by atoms with E-state index in [1.807, 2.05) is 0 Å². The molecule has 116 heavy (non-hydrogen) atoms. The molecular formula is C81H143N3O31P-. The van der Waals surface area contributed by atoms with Crippen molar-refractivity contribution in [3.63, 3.8) is 0 Å². The molecule has 0 aromatic heterocycles. The first kappa shape index (κ1) is 104. The van der Waals surface area contributed by atoms with Crippen molar-refractivity contribution >= 4 is 54.4 Å².